The van der Waals surface area contributed by atoms with E-state index in [0.717, 1.165) is 13.1 Å². The minimum atomic E-state index is 0.518. The number of hydrogen-bond acceptors (Lipinski definition) is 1. The van der Waals surface area contributed by atoms with E-state index in [1.54, 1.807) is 0 Å². The molecule has 2 aromatic carbocycles. The quantitative estimate of drug-likeness (QED) is 0.703. The van der Waals surface area contributed by atoms with E-state index in [1.165, 1.54) is 32.1 Å². The first-order valence-corrected chi connectivity index (χ1v) is 8.96. The van der Waals surface area contributed by atoms with Crippen LogP contribution >= 0.6 is 31.9 Å². The van der Waals surface area contributed by atoms with Crippen molar-refractivity contribution < 1.29 is 0 Å². The van der Waals surface area contributed by atoms with Gasteiger partial charge in [0.2, 0.25) is 0 Å². The van der Waals surface area contributed by atoms with Gasteiger partial charge in [0.05, 0.1) is 0 Å². The molecule has 0 aliphatic carbocycles. The average molecular weight is 409 g/mol. The lowest BCUT2D eigenvalue weighted by molar-refractivity contribution is 0.403. The molecule has 2 atom stereocenters. The van der Waals surface area contributed by atoms with Gasteiger partial charge in [0.25, 0.3) is 0 Å². The van der Waals surface area contributed by atoms with Gasteiger partial charge in [-0.2, -0.15) is 0 Å². The monoisotopic (exact) mass is 407 g/mol. The number of benzene rings is 2. The van der Waals surface area contributed by atoms with E-state index in [9.17, 15) is 0 Å². The minimum absolute atomic E-state index is 0.518. The summed E-state index contributed by atoms with van der Waals surface area (Å²) >= 11 is 7.40. The van der Waals surface area contributed by atoms with E-state index in [4.69, 9.17) is 0 Å². The molecule has 1 fully saturated rings. The molecule has 0 spiro atoms. The summed E-state index contributed by atoms with van der Waals surface area (Å²) in [5.41, 5.74) is 4.14. The maximum absolute atomic E-state index is 3.72. The third-order valence-corrected chi connectivity index (χ3v) is 5.99. The van der Waals surface area contributed by atoms with Crippen molar-refractivity contribution in [2.75, 3.05) is 13.1 Å². The fraction of sp³-hybridized carbons (Fsp3) is 0.333. The summed E-state index contributed by atoms with van der Waals surface area (Å²) in [4.78, 5) is 0. The van der Waals surface area contributed by atoms with Crippen LogP contribution in [-0.2, 0) is 0 Å². The summed E-state index contributed by atoms with van der Waals surface area (Å²) in [6, 6.07) is 15.4. The first kappa shape index (κ1) is 15.3. The van der Waals surface area contributed by atoms with E-state index in [2.05, 4.69) is 86.6 Å². The van der Waals surface area contributed by atoms with Gasteiger partial charge in [-0.3, -0.25) is 0 Å². The second-order valence-corrected chi connectivity index (χ2v) is 7.44. The van der Waals surface area contributed by atoms with E-state index in [0.29, 0.717) is 11.8 Å². The number of hydrogen-bond donors (Lipinski definition) is 1. The fourth-order valence-electron chi connectivity index (χ4n) is 3.20. The van der Waals surface area contributed by atoms with Crippen molar-refractivity contribution >= 4 is 31.9 Å². The Bertz CT molecular complexity index is 639. The molecule has 2 unspecified atom stereocenters. The first-order valence-electron chi connectivity index (χ1n) is 7.38. The first-order chi connectivity index (χ1) is 10.2. The molecule has 0 saturated carbocycles. The molecular weight excluding hydrogens is 390 g/mol. The van der Waals surface area contributed by atoms with Gasteiger partial charge in [-0.05, 0) is 54.6 Å². The second-order valence-electron chi connectivity index (χ2n) is 5.74. The van der Waals surface area contributed by atoms with Crippen LogP contribution in [0, 0.1) is 6.92 Å². The summed E-state index contributed by atoms with van der Waals surface area (Å²) in [6.45, 7) is 4.28. The number of rotatable bonds is 2. The maximum atomic E-state index is 3.72. The van der Waals surface area contributed by atoms with Crippen LogP contribution in [-0.4, -0.2) is 13.1 Å². The zero-order valence-electron chi connectivity index (χ0n) is 12.1. The third-order valence-electron chi connectivity index (χ3n) is 4.41. The normalized spacial score (nSPS) is 22.2. The molecule has 1 saturated heterocycles. The predicted octanol–water partition coefficient (Wildman–Crippen LogP) is 5.38. The zero-order valence-corrected chi connectivity index (χ0v) is 15.2. The Hall–Kier alpha value is -0.640. The van der Waals surface area contributed by atoms with E-state index < -0.39 is 0 Å². The van der Waals surface area contributed by atoms with E-state index in [-0.39, 0.29) is 0 Å². The molecular formula is C18H19Br2N. The van der Waals surface area contributed by atoms with Crippen LogP contribution in [0.5, 0.6) is 0 Å². The molecule has 1 aliphatic rings. The van der Waals surface area contributed by atoms with Crippen molar-refractivity contribution in [2.45, 2.75) is 25.2 Å². The summed E-state index contributed by atoms with van der Waals surface area (Å²) in [5.74, 6) is 1.09. The van der Waals surface area contributed by atoms with Crippen molar-refractivity contribution in [1.82, 2.24) is 5.32 Å². The molecule has 1 N–H and O–H groups in total. The summed E-state index contributed by atoms with van der Waals surface area (Å²) < 4.78 is 2.43. The number of nitrogens with one attached hydrogen (secondary N) is 1. The number of halogens is 2. The van der Waals surface area contributed by atoms with Crippen molar-refractivity contribution in [3.63, 3.8) is 0 Å². The Balaban J connectivity index is 1.98. The molecule has 1 aliphatic heterocycles. The molecule has 1 nitrogen and oxygen atoms in total. The Kier molecular flexibility index (Phi) is 4.82. The van der Waals surface area contributed by atoms with Crippen LogP contribution in [0.25, 0.3) is 0 Å². The lowest BCUT2D eigenvalue weighted by atomic mass is 9.77. The highest BCUT2D eigenvalue weighted by Crippen LogP contribution is 2.40. The molecule has 3 heteroatoms. The van der Waals surface area contributed by atoms with Gasteiger partial charge < -0.3 is 5.32 Å². The Labute approximate surface area is 143 Å². The smallest absolute Gasteiger partial charge is 0.0210 e. The molecule has 2 aromatic rings. The molecule has 3 rings (SSSR count). The lowest BCUT2D eigenvalue weighted by Crippen LogP contribution is -2.34. The van der Waals surface area contributed by atoms with Crippen LogP contribution in [0.1, 0.15) is 34.9 Å². The molecule has 0 bridgehead atoms. The van der Waals surface area contributed by atoms with Crippen LogP contribution in [0.15, 0.2) is 51.4 Å². The summed E-state index contributed by atoms with van der Waals surface area (Å²) in [7, 11) is 0. The van der Waals surface area contributed by atoms with Gasteiger partial charge in [0.1, 0.15) is 0 Å². The fourth-order valence-corrected chi connectivity index (χ4v) is 4.18. The average Bonchev–Trinajstić information content (AvgIpc) is 2.51. The topological polar surface area (TPSA) is 12.0 Å². The van der Waals surface area contributed by atoms with E-state index >= 15 is 0 Å². The third kappa shape index (κ3) is 3.25. The van der Waals surface area contributed by atoms with Gasteiger partial charge in [-0.15, -0.1) is 0 Å². The lowest BCUT2D eigenvalue weighted by Gasteiger charge is -2.33. The number of aryl methyl sites for hydroxylation is 1. The van der Waals surface area contributed by atoms with E-state index in [1.807, 2.05) is 0 Å². The molecule has 110 valence electrons. The summed E-state index contributed by atoms with van der Waals surface area (Å²) in [5, 5.41) is 3.55. The molecule has 1 heterocycles. The van der Waals surface area contributed by atoms with Gasteiger partial charge in [0.15, 0.2) is 0 Å². The highest BCUT2D eigenvalue weighted by molar-refractivity contribution is 9.10. The molecule has 21 heavy (non-hydrogen) atoms. The Morgan fingerprint density at radius 2 is 1.81 bits per heavy atom. The highest BCUT2D eigenvalue weighted by atomic mass is 79.9. The molecule has 0 amide bonds. The zero-order chi connectivity index (χ0) is 14.8. The molecule has 0 aromatic heterocycles. The largest absolute Gasteiger partial charge is 0.316 e. The predicted molar refractivity (Wildman–Crippen MR) is 96.0 cm³/mol. The van der Waals surface area contributed by atoms with Crippen molar-refractivity contribution in [3.8, 4) is 0 Å². The standard InChI is InChI=1S/C18H19Br2N/c1-12-6-7-13(10-18(12)20)14-8-9-21-11-16(14)15-4-2-3-5-17(15)19/h2-7,10,14,16,21H,8-9,11H2,1H3. The SMILES string of the molecule is Cc1ccc(C2CCNCC2c2ccccc2Br)cc1Br. The van der Waals surface area contributed by atoms with Crippen LogP contribution < -0.4 is 5.32 Å². The molecule has 0 radical (unpaired) electrons. The van der Waals surface area contributed by atoms with Crippen molar-refractivity contribution in [1.29, 1.82) is 0 Å². The van der Waals surface area contributed by atoms with Crippen molar-refractivity contribution in [3.05, 3.63) is 68.1 Å². The maximum Gasteiger partial charge on any atom is 0.0210 e. The van der Waals surface area contributed by atoms with Gasteiger partial charge in [-0.25, -0.2) is 0 Å². The highest BCUT2D eigenvalue weighted by Gasteiger charge is 2.29. The number of piperidine rings is 1. The second kappa shape index (κ2) is 6.64. The van der Waals surface area contributed by atoms with Crippen LogP contribution in [0.3, 0.4) is 0 Å². The van der Waals surface area contributed by atoms with Gasteiger partial charge >= 0.3 is 0 Å². The minimum Gasteiger partial charge on any atom is -0.316 e. The van der Waals surface area contributed by atoms with Crippen molar-refractivity contribution in [2.24, 2.45) is 0 Å². The van der Waals surface area contributed by atoms with Crippen LogP contribution in [0.2, 0.25) is 0 Å². The van der Waals surface area contributed by atoms with Gasteiger partial charge in [-0.1, -0.05) is 62.2 Å². The summed E-state index contributed by atoms with van der Waals surface area (Å²) in [6.07, 6.45) is 1.18. The Morgan fingerprint density at radius 1 is 1.00 bits per heavy atom. The van der Waals surface area contributed by atoms with Crippen LogP contribution in [0.4, 0.5) is 0 Å². The Morgan fingerprint density at radius 3 is 2.57 bits per heavy atom. The van der Waals surface area contributed by atoms with Gasteiger partial charge in [0, 0.05) is 21.4 Å².